The van der Waals surface area contributed by atoms with E-state index in [2.05, 4.69) is 57.3 Å². The average molecular weight is 410 g/mol. The minimum atomic E-state index is -0.609. The van der Waals surface area contributed by atoms with Crippen molar-refractivity contribution in [2.75, 3.05) is 0 Å². The van der Waals surface area contributed by atoms with Crippen molar-refractivity contribution in [2.45, 2.75) is 58.6 Å². The number of hydrogen-bond acceptors (Lipinski definition) is 2. The summed E-state index contributed by atoms with van der Waals surface area (Å²) >= 11 is 0. The summed E-state index contributed by atoms with van der Waals surface area (Å²) in [7, 11) is 0. The standard InChI is InChI=1S/C26H29F2NO/c1-14-5-7-16(8-6-14)24-23-18(19-11-17(27)12-20(28)25(19)30-24)9-10-21-22(23)15(2)13-26(3,4)29-21/h5,9-13,16,22-24,29H,6-8H2,1-4H3/t16-,22?,23?,24+/m1/s1. The van der Waals surface area contributed by atoms with E-state index in [1.54, 1.807) is 0 Å². The quantitative estimate of drug-likeness (QED) is 0.549. The van der Waals surface area contributed by atoms with Gasteiger partial charge >= 0.3 is 0 Å². The zero-order chi connectivity index (χ0) is 21.2. The van der Waals surface area contributed by atoms with Crippen molar-refractivity contribution in [3.8, 4) is 5.75 Å². The highest BCUT2D eigenvalue weighted by atomic mass is 19.1. The Morgan fingerprint density at radius 3 is 2.67 bits per heavy atom. The lowest BCUT2D eigenvalue weighted by molar-refractivity contribution is 0.0624. The zero-order valence-corrected chi connectivity index (χ0v) is 18.1. The summed E-state index contributed by atoms with van der Waals surface area (Å²) in [5.41, 5.74) is 5.30. The average Bonchev–Trinajstić information content (AvgIpc) is 2.66. The van der Waals surface area contributed by atoms with Gasteiger partial charge in [-0.15, -0.1) is 0 Å². The minimum Gasteiger partial charge on any atom is -0.486 e. The molecule has 4 atom stereocenters. The Kier molecular flexibility index (Phi) is 4.46. The molecule has 2 heterocycles. The molecule has 1 N–H and O–H groups in total. The van der Waals surface area contributed by atoms with Crippen LogP contribution in [0.2, 0.25) is 0 Å². The Morgan fingerprint density at radius 1 is 1.13 bits per heavy atom. The highest BCUT2D eigenvalue weighted by Crippen LogP contribution is 2.53. The normalized spacial score (nSPS) is 31.5. The summed E-state index contributed by atoms with van der Waals surface area (Å²) in [6.07, 6.45) is 11.6. The second kappa shape index (κ2) is 6.83. The van der Waals surface area contributed by atoms with Crippen LogP contribution >= 0.6 is 0 Å². The first-order valence-electron chi connectivity index (χ1n) is 10.9. The van der Waals surface area contributed by atoms with Gasteiger partial charge in [-0.2, -0.15) is 0 Å². The first-order valence-corrected chi connectivity index (χ1v) is 10.9. The second-order valence-electron chi connectivity index (χ2n) is 9.91. The summed E-state index contributed by atoms with van der Waals surface area (Å²) in [4.78, 5) is 0. The zero-order valence-electron chi connectivity index (χ0n) is 18.1. The van der Waals surface area contributed by atoms with Gasteiger partial charge in [0, 0.05) is 40.6 Å². The molecule has 2 unspecified atom stereocenters. The van der Waals surface area contributed by atoms with Crippen LogP contribution in [-0.2, 0) is 0 Å². The fourth-order valence-corrected chi connectivity index (χ4v) is 5.90. The molecule has 2 aliphatic carbocycles. The van der Waals surface area contributed by atoms with Gasteiger partial charge in [0.05, 0.1) is 0 Å². The summed E-state index contributed by atoms with van der Waals surface area (Å²) in [5.74, 6) is -0.486. The number of ether oxygens (including phenoxy) is 1. The molecule has 0 bridgehead atoms. The molecule has 0 amide bonds. The van der Waals surface area contributed by atoms with Gasteiger partial charge in [0.25, 0.3) is 0 Å². The van der Waals surface area contributed by atoms with Crippen LogP contribution in [0.4, 0.5) is 8.78 Å². The molecular formula is C26H29F2NO. The van der Waals surface area contributed by atoms with Gasteiger partial charge in [-0.1, -0.05) is 29.4 Å². The molecule has 30 heavy (non-hydrogen) atoms. The van der Waals surface area contributed by atoms with E-state index in [1.807, 2.05) is 0 Å². The molecule has 0 saturated heterocycles. The smallest absolute Gasteiger partial charge is 0.168 e. The maximum atomic E-state index is 14.8. The fourth-order valence-electron chi connectivity index (χ4n) is 5.90. The third kappa shape index (κ3) is 3.12. The van der Waals surface area contributed by atoms with Crippen molar-refractivity contribution in [3.05, 3.63) is 70.5 Å². The van der Waals surface area contributed by atoms with E-state index >= 15 is 0 Å². The van der Waals surface area contributed by atoms with Gasteiger partial charge in [0.1, 0.15) is 11.9 Å². The van der Waals surface area contributed by atoms with Gasteiger partial charge < -0.3 is 10.1 Å². The number of allylic oxidation sites excluding steroid dienone is 5. The van der Waals surface area contributed by atoms with Gasteiger partial charge in [0.2, 0.25) is 0 Å². The molecular weight excluding hydrogens is 380 g/mol. The van der Waals surface area contributed by atoms with Crippen LogP contribution in [0.25, 0.3) is 5.57 Å². The van der Waals surface area contributed by atoms with Gasteiger partial charge in [0.15, 0.2) is 11.6 Å². The van der Waals surface area contributed by atoms with Crippen molar-refractivity contribution in [1.29, 1.82) is 0 Å². The predicted molar refractivity (Wildman–Crippen MR) is 116 cm³/mol. The molecule has 158 valence electrons. The molecule has 5 rings (SSSR count). The Labute approximate surface area is 177 Å². The van der Waals surface area contributed by atoms with E-state index < -0.39 is 11.6 Å². The molecule has 4 aliphatic rings. The molecule has 2 aliphatic heterocycles. The molecule has 0 radical (unpaired) electrons. The van der Waals surface area contributed by atoms with Crippen molar-refractivity contribution in [2.24, 2.45) is 17.8 Å². The summed E-state index contributed by atoms with van der Waals surface area (Å²) in [5, 5.41) is 3.66. The Balaban J connectivity index is 1.67. The number of nitrogens with one attached hydrogen (secondary N) is 1. The number of halogens is 2. The van der Waals surface area contributed by atoms with E-state index in [0.717, 1.165) is 30.9 Å². The number of fused-ring (bicyclic) bond motifs is 5. The van der Waals surface area contributed by atoms with Gasteiger partial charge in [-0.05, 0) is 64.7 Å². The largest absolute Gasteiger partial charge is 0.486 e. The van der Waals surface area contributed by atoms with Crippen molar-refractivity contribution in [3.63, 3.8) is 0 Å². The number of hydrogen-bond donors (Lipinski definition) is 1. The summed E-state index contributed by atoms with van der Waals surface area (Å²) in [6.45, 7) is 8.67. The maximum Gasteiger partial charge on any atom is 0.168 e. The first-order chi connectivity index (χ1) is 14.2. The van der Waals surface area contributed by atoms with Crippen molar-refractivity contribution in [1.82, 2.24) is 5.32 Å². The monoisotopic (exact) mass is 409 g/mol. The first kappa shape index (κ1) is 19.6. The van der Waals surface area contributed by atoms with Crippen LogP contribution in [0.3, 0.4) is 0 Å². The van der Waals surface area contributed by atoms with Crippen molar-refractivity contribution < 1.29 is 13.5 Å². The number of rotatable bonds is 1. The highest BCUT2D eigenvalue weighted by Gasteiger charge is 2.48. The van der Waals surface area contributed by atoms with Crippen LogP contribution in [-0.4, -0.2) is 11.6 Å². The van der Waals surface area contributed by atoms with Crippen LogP contribution in [0.15, 0.2) is 53.3 Å². The lowest BCUT2D eigenvalue weighted by Gasteiger charge is -2.49. The molecule has 0 fully saturated rings. The van der Waals surface area contributed by atoms with Crippen LogP contribution in [0.5, 0.6) is 5.75 Å². The van der Waals surface area contributed by atoms with Gasteiger partial charge in [-0.25, -0.2) is 8.78 Å². The highest BCUT2D eigenvalue weighted by molar-refractivity contribution is 5.78. The second-order valence-corrected chi connectivity index (χ2v) is 9.91. The minimum absolute atomic E-state index is 0.0374. The van der Waals surface area contributed by atoms with E-state index in [1.165, 1.54) is 22.9 Å². The fraction of sp³-hybridized carbons (Fsp3) is 0.462. The lowest BCUT2D eigenvalue weighted by Crippen LogP contribution is -2.51. The molecule has 1 aromatic carbocycles. The third-order valence-electron chi connectivity index (χ3n) is 7.11. The molecule has 4 heteroatoms. The molecule has 0 spiro atoms. The van der Waals surface area contributed by atoms with E-state index in [9.17, 15) is 8.78 Å². The van der Waals surface area contributed by atoms with Crippen molar-refractivity contribution >= 4 is 5.57 Å². The maximum absolute atomic E-state index is 14.8. The van der Waals surface area contributed by atoms with E-state index in [4.69, 9.17) is 4.74 Å². The molecule has 0 saturated carbocycles. The topological polar surface area (TPSA) is 21.3 Å². The van der Waals surface area contributed by atoms with Crippen LogP contribution in [0, 0.1) is 29.4 Å². The van der Waals surface area contributed by atoms with Gasteiger partial charge in [-0.3, -0.25) is 0 Å². The Hall–Kier alpha value is -2.36. The molecule has 2 nitrogen and oxygen atoms in total. The Bertz CT molecular complexity index is 1030. The lowest BCUT2D eigenvalue weighted by atomic mass is 9.64. The van der Waals surface area contributed by atoms with E-state index in [0.29, 0.717) is 11.5 Å². The molecule has 1 aromatic rings. The Morgan fingerprint density at radius 2 is 1.93 bits per heavy atom. The summed E-state index contributed by atoms with van der Waals surface area (Å²) < 4.78 is 35.3. The predicted octanol–water partition coefficient (Wildman–Crippen LogP) is 6.31. The summed E-state index contributed by atoms with van der Waals surface area (Å²) in [6, 6.07) is 2.36. The van der Waals surface area contributed by atoms with E-state index in [-0.39, 0.29) is 29.2 Å². The van der Waals surface area contributed by atoms with Crippen LogP contribution in [0.1, 0.15) is 52.5 Å². The molecule has 0 aromatic heterocycles. The van der Waals surface area contributed by atoms with Crippen LogP contribution < -0.4 is 10.1 Å². The SMILES string of the molecule is CC1=CC[C@@H]([C@@H]2Oc3c(F)cc(F)cc3C3=CC=C4NC(C)(C)C=C(C)C4C32)CC1. The number of benzene rings is 1. The third-order valence-corrected chi connectivity index (χ3v) is 7.11.